The van der Waals surface area contributed by atoms with Crippen LogP contribution in [0.5, 0.6) is 0 Å². The normalized spacial score (nSPS) is 9.90. The van der Waals surface area contributed by atoms with E-state index in [9.17, 15) is 14.4 Å². The van der Waals surface area contributed by atoms with E-state index in [1.807, 2.05) is 13.8 Å². The highest BCUT2D eigenvalue weighted by Gasteiger charge is 2.15. The van der Waals surface area contributed by atoms with Gasteiger partial charge in [0.1, 0.15) is 0 Å². The number of hydrogen-bond acceptors (Lipinski definition) is 5. The van der Waals surface area contributed by atoms with Gasteiger partial charge in [-0.1, -0.05) is 19.9 Å². The Morgan fingerprint density at radius 1 is 1.00 bits per heavy atom. The average Bonchev–Trinajstić information content (AvgIpc) is 2.45. The van der Waals surface area contributed by atoms with Crippen molar-refractivity contribution in [1.82, 2.24) is 0 Å². The summed E-state index contributed by atoms with van der Waals surface area (Å²) in [5.41, 5.74) is 0.413. The van der Waals surface area contributed by atoms with Crippen LogP contribution in [0.4, 0.5) is 0 Å². The number of hydrogen-bond donors (Lipinski definition) is 0. The Balaban J connectivity index is 2.74. The zero-order chi connectivity index (χ0) is 15.0. The van der Waals surface area contributed by atoms with E-state index in [4.69, 9.17) is 4.74 Å². The third kappa shape index (κ3) is 4.84. The van der Waals surface area contributed by atoms with Gasteiger partial charge in [-0.2, -0.15) is 0 Å². The van der Waals surface area contributed by atoms with Crippen molar-refractivity contribution in [3.05, 3.63) is 35.4 Å². The van der Waals surface area contributed by atoms with Gasteiger partial charge in [0, 0.05) is 6.42 Å². The zero-order valence-electron chi connectivity index (χ0n) is 11.7. The molecule has 1 aromatic rings. The number of esters is 3. The summed E-state index contributed by atoms with van der Waals surface area (Å²) in [6, 6.07) is 5.93. The highest BCUT2D eigenvalue weighted by Crippen LogP contribution is 2.09. The molecular formula is C15H18O5. The lowest BCUT2D eigenvalue weighted by Crippen LogP contribution is -2.13. The molecule has 0 aliphatic rings. The van der Waals surface area contributed by atoms with Gasteiger partial charge in [-0.25, -0.2) is 9.59 Å². The lowest BCUT2D eigenvalue weighted by molar-refractivity contribution is -0.137. The van der Waals surface area contributed by atoms with E-state index in [0.29, 0.717) is 13.0 Å². The van der Waals surface area contributed by atoms with Gasteiger partial charge in [0.2, 0.25) is 0 Å². The summed E-state index contributed by atoms with van der Waals surface area (Å²) in [4.78, 5) is 34.6. The summed E-state index contributed by atoms with van der Waals surface area (Å²) in [6.07, 6.45) is 1.51. The largest absolute Gasteiger partial charge is 0.462 e. The minimum atomic E-state index is -0.756. The topological polar surface area (TPSA) is 69.7 Å². The average molecular weight is 278 g/mol. The predicted molar refractivity (Wildman–Crippen MR) is 72.3 cm³/mol. The van der Waals surface area contributed by atoms with Crippen LogP contribution in [0.3, 0.4) is 0 Å². The van der Waals surface area contributed by atoms with Crippen molar-refractivity contribution < 1.29 is 23.9 Å². The van der Waals surface area contributed by atoms with Crippen molar-refractivity contribution in [2.75, 3.05) is 6.61 Å². The molecule has 0 amide bonds. The first-order valence-corrected chi connectivity index (χ1v) is 6.60. The monoisotopic (exact) mass is 278 g/mol. The highest BCUT2D eigenvalue weighted by molar-refractivity contribution is 5.99. The first-order chi connectivity index (χ1) is 9.58. The Morgan fingerprint density at radius 3 is 2.25 bits per heavy atom. The molecule has 1 rings (SSSR count). The van der Waals surface area contributed by atoms with Gasteiger partial charge in [0.25, 0.3) is 0 Å². The van der Waals surface area contributed by atoms with Crippen LogP contribution in [0, 0.1) is 0 Å². The fourth-order valence-electron chi connectivity index (χ4n) is 1.47. The first kappa shape index (κ1) is 15.9. The molecule has 0 saturated carbocycles. The molecular weight excluding hydrogens is 260 g/mol. The Morgan fingerprint density at radius 2 is 1.65 bits per heavy atom. The molecule has 0 fully saturated rings. The maximum absolute atomic E-state index is 11.7. The molecule has 0 bridgehead atoms. The van der Waals surface area contributed by atoms with E-state index in [0.717, 1.165) is 6.42 Å². The molecule has 0 aliphatic carbocycles. The molecule has 20 heavy (non-hydrogen) atoms. The summed E-state index contributed by atoms with van der Waals surface area (Å²) in [5.74, 6) is -1.83. The van der Waals surface area contributed by atoms with Gasteiger partial charge >= 0.3 is 17.9 Å². The van der Waals surface area contributed by atoms with Crippen molar-refractivity contribution in [2.45, 2.75) is 33.1 Å². The second-order valence-electron chi connectivity index (χ2n) is 4.23. The lowest BCUT2D eigenvalue weighted by atomic mass is 10.1. The molecule has 0 N–H and O–H groups in total. The van der Waals surface area contributed by atoms with E-state index >= 15 is 0 Å². The van der Waals surface area contributed by atoms with Crippen LogP contribution in [0.2, 0.25) is 0 Å². The van der Waals surface area contributed by atoms with Crippen molar-refractivity contribution in [1.29, 1.82) is 0 Å². The van der Waals surface area contributed by atoms with Gasteiger partial charge < -0.3 is 9.47 Å². The van der Waals surface area contributed by atoms with Crippen LogP contribution in [0.15, 0.2) is 24.3 Å². The van der Waals surface area contributed by atoms with Crippen LogP contribution in [-0.4, -0.2) is 24.5 Å². The van der Waals surface area contributed by atoms with Crippen LogP contribution in [0.25, 0.3) is 0 Å². The summed E-state index contributed by atoms with van der Waals surface area (Å²) < 4.78 is 9.64. The molecule has 0 unspecified atom stereocenters. The molecule has 108 valence electrons. The Labute approximate surface area is 117 Å². The minimum Gasteiger partial charge on any atom is -0.462 e. The number of carbonyl (C=O) groups excluding carboxylic acids is 3. The molecule has 0 atom stereocenters. The maximum atomic E-state index is 11.7. The molecule has 0 saturated heterocycles. The molecule has 0 heterocycles. The molecule has 0 radical (unpaired) electrons. The minimum absolute atomic E-state index is 0.153. The molecule has 5 nitrogen and oxygen atoms in total. The van der Waals surface area contributed by atoms with E-state index in [2.05, 4.69) is 4.74 Å². The van der Waals surface area contributed by atoms with E-state index < -0.39 is 17.9 Å². The van der Waals surface area contributed by atoms with Gasteiger partial charge in [-0.05, 0) is 31.0 Å². The quantitative estimate of drug-likeness (QED) is 0.591. The second kappa shape index (κ2) is 8.09. The smallest absolute Gasteiger partial charge is 0.345 e. The van der Waals surface area contributed by atoms with Crippen molar-refractivity contribution in [3.63, 3.8) is 0 Å². The summed E-state index contributed by atoms with van der Waals surface area (Å²) >= 11 is 0. The number of benzene rings is 1. The van der Waals surface area contributed by atoms with Gasteiger partial charge in [-0.3, -0.25) is 4.79 Å². The maximum Gasteiger partial charge on any atom is 0.345 e. The third-order valence-electron chi connectivity index (χ3n) is 2.43. The summed E-state index contributed by atoms with van der Waals surface area (Å²) in [6.45, 7) is 4.03. The van der Waals surface area contributed by atoms with Gasteiger partial charge in [-0.15, -0.1) is 0 Å². The Kier molecular flexibility index (Phi) is 6.43. The zero-order valence-corrected chi connectivity index (χ0v) is 11.7. The lowest BCUT2D eigenvalue weighted by Gasteiger charge is -2.05. The van der Waals surface area contributed by atoms with E-state index in [1.54, 1.807) is 12.1 Å². The molecule has 0 aromatic heterocycles. The predicted octanol–water partition coefficient (Wildman–Crippen LogP) is 2.74. The van der Waals surface area contributed by atoms with Crippen molar-refractivity contribution >= 4 is 17.9 Å². The standard InChI is InChI=1S/C15H18O5/c1-3-6-13(16)20-15(18)12-8-5-7-11(10-12)14(17)19-9-4-2/h5,7-8,10H,3-4,6,9H2,1-2H3. The first-order valence-electron chi connectivity index (χ1n) is 6.60. The number of ether oxygens (including phenoxy) is 2. The van der Waals surface area contributed by atoms with Crippen molar-refractivity contribution in [3.8, 4) is 0 Å². The van der Waals surface area contributed by atoms with Crippen LogP contribution < -0.4 is 0 Å². The van der Waals surface area contributed by atoms with Crippen LogP contribution >= 0.6 is 0 Å². The molecule has 0 aliphatic heterocycles. The van der Waals surface area contributed by atoms with Gasteiger partial charge in [0.15, 0.2) is 0 Å². The van der Waals surface area contributed by atoms with Crippen LogP contribution in [-0.2, 0) is 14.3 Å². The summed E-state index contributed by atoms with van der Waals surface area (Å²) in [5, 5.41) is 0. The van der Waals surface area contributed by atoms with E-state index in [-0.39, 0.29) is 17.5 Å². The number of carbonyl (C=O) groups is 3. The summed E-state index contributed by atoms with van der Waals surface area (Å²) in [7, 11) is 0. The third-order valence-corrected chi connectivity index (χ3v) is 2.43. The van der Waals surface area contributed by atoms with Gasteiger partial charge in [0.05, 0.1) is 17.7 Å². The molecule has 1 aromatic carbocycles. The Bertz CT molecular complexity index is 493. The molecule has 0 spiro atoms. The van der Waals surface area contributed by atoms with Crippen molar-refractivity contribution in [2.24, 2.45) is 0 Å². The highest BCUT2D eigenvalue weighted by atomic mass is 16.6. The fraction of sp³-hybridized carbons (Fsp3) is 0.400. The molecule has 5 heteroatoms. The van der Waals surface area contributed by atoms with Crippen LogP contribution in [0.1, 0.15) is 53.8 Å². The second-order valence-corrected chi connectivity index (χ2v) is 4.23. The van der Waals surface area contributed by atoms with E-state index in [1.165, 1.54) is 12.1 Å². The fourth-order valence-corrected chi connectivity index (χ4v) is 1.47. The SMILES string of the molecule is CCCOC(=O)c1cccc(C(=O)OC(=O)CCC)c1. The number of rotatable bonds is 6. The Hall–Kier alpha value is -2.17.